The van der Waals surface area contributed by atoms with Crippen LogP contribution >= 0.6 is 0 Å². The zero-order valence-corrected chi connectivity index (χ0v) is 15.0. The summed E-state index contributed by atoms with van der Waals surface area (Å²) in [5.74, 6) is -0.932. The van der Waals surface area contributed by atoms with Crippen LogP contribution in [0.15, 0.2) is 48.7 Å². The number of aliphatic carboxylic acids is 1. The smallest absolute Gasteiger partial charge is 0.312 e. The molecule has 142 valence electrons. The van der Waals surface area contributed by atoms with Gasteiger partial charge in [0.1, 0.15) is 5.41 Å². The van der Waals surface area contributed by atoms with E-state index in [-0.39, 0.29) is 31.8 Å². The number of aromatic nitrogens is 1. The first kappa shape index (κ1) is 18.8. The first-order valence-corrected chi connectivity index (χ1v) is 8.71. The summed E-state index contributed by atoms with van der Waals surface area (Å²) in [6.45, 7) is 0.213. The van der Waals surface area contributed by atoms with Crippen LogP contribution in [0.5, 0.6) is 5.88 Å². The fraction of sp³-hybridized carbons (Fsp3) is 0.350. The molecule has 27 heavy (non-hydrogen) atoms. The van der Waals surface area contributed by atoms with Crippen LogP contribution in [0.1, 0.15) is 22.3 Å². The quantitative estimate of drug-likeness (QED) is 0.829. The Kier molecular flexibility index (Phi) is 5.41. The van der Waals surface area contributed by atoms with Crippen LogP contribution in [0, 0.1) is 5.41 Å². The molecule has 2 aromatic rings. The predicted octanol–water partition coefficient (Wildman–Crippen LogP) is 1.61. The van der Waals surface area contributed by atoms with Crippen LogP contribution in [-0.2, 0) is 11.2 Å². The number of carbonyl (C=O) groups excluding carboxylic acids is 1. The molecule has 1 amide bonds. The third-order valence-corrected chi connectivity index (χ3v) is 5.13. The number of carbonyl (C=O) groups is 2. The van der Waals surface area contributed by atoms with E-state index in [0.29, 0.717) is 11.4 Å². The average molecular weight is 370 g/mol. The maximum Gasteiger partial charge on any atom is 0.312 e. The highest BCUT2D eigenvalue weighted by Crippen LogP contribution is 2.36. The maximum atomic E-state index is 12.7. The normalized spacial score (nSPS) is 22.3. The molecule has 1 aromatic carbocycles. The predicted molar refractivity (Wildman–Crippen MR) is 97.5 cm³/mol. The van der Waals surface area contributed by atoms with Crippen molar-refractivity contribution < 1.29 is 24.5 Å². The van der Waals surface area contributed by atoms with Gasteiger partial charge in [-0.3, -0.25) is 9.59 Å². The molecule has 1 aromatic heterocycles. The molecule has 2 heterocycles. The van der Waals surface area contributed by atoms with Crippen LogP contribution in [0.3, 0.4) is 0 Å². The molecule has 0 unspecified atom stereocenters. The Morgan fingerprint density at radius 3 is 2.56 bits per heavy atom. The fourth-order valence-corrected chi connectivity index (χ4v) is 3.46. The molecule has 2 atom stereocenters. The van der Waals surface area contributed by atoms with Gasteiger partial charge in [0, 0.05) is 25.4 Å². The second-order valence-electron chi connectivity index (χ2n) is 6.73. The van der Waals surface area contributed by atoms with E-state index in [1.54, 1.807) is 12.1 Å². The molecular weight excluding hydrogens is 348 g/mol. The number of pyridine rings is 1. The second kappa shape index (κ2) is 7.75. The molecule has 2 N–H and O–H groups in total. The SMILES string of the molecule is COc1ccc(C(=O)N2CC[C@](Cc3ccccc3)(C(=O)O)[C@H](O)C2)cn1. The number of amides is 1. The lowest BCUT2D eigenvalue weighted by atomic mass is 9.71. The number of β-amino-alcohol motifs (C(OH)–C–C–N with tert-alkyl or cyclic N) is 1. The molecule has 0 aliphatic carbocycles. The molecule has 7 heteroatoms. The second-order valence-corrected chi connectivity index (χ2v) is 6.73. The van der Waals surface area contributed by atoms with E-state index >= 15 is 0 Å². The van der Waals surface area contributed by atoms with Gasteiger partial charge < -0.3 is 19.8 Å². The van der Waals surface area contributed by atoms with Crippen molar-refractivity contribution in [1.82, 2.24) is 9.88 Å². The van der Waals surface area contributed by atoms with E-state index in [1.165, 1.54) is 18.2 Å². The van der Waals surface area contributed by atoms with Crippen molar-refractivity contribution >= 4 is 11.9 Å². The Balaban J connectivity index is 1.76. The van der Waals surface area contributed by atoms with Gasteiger partial charge in [-0.1, -0.05) is 30.3 Å². The van der Waals surface area contributed by atoms with Gasteiger partial charge in [-0.05, 0) is 24.5 Å². The molecule has 0 spiro atoms. The van der Waals surface area contributed by atoms with E-state index < -0.39 is 17.5 Å². The highest BCUT2D eigenvalue weighted by molar-refractivity contribution is 5.94. The number of rotatable bonds is 5. The summed E-state index contributed by atoms with van der Waals surface area (Å²) in [7, 11) is 1.49. The Hall–Kier alpha value is -2.93. The van der Waals surface area contributed by atoms with Gasteiger partial charge >= 0.3 is 5.97 Å². The van der Waals surface area contributed by atoms with Gasteiger partial charge in [-0.25, -0.2) is 4.98 Å². The van der Waals surface area contributed by atoms with Crippen LogP contribution < -0.4 is 4.74 Å². The van der Waals surface area contributed by atoms with E-state index in [9.17, 15) is 19.8 Å². The molecule has 1 aliphatic heterocycles. The summed E-state index contributed by atoms with van der Waals surface area (Å²) in [4.78, 5) is 30.2. The van der Waals surface area contributed by atoms with E-state index in [4.69, 9.17) is 4.74 Å². The van der Waals surface area contributed by atoms with E-state index in [1.807, 2.05) is 30.3 Å². The van der Waals surface area contributed by atoms with Gasteiger partial charge in [-0.2, -0.15) is 0 Å². The van der Waals surface area contributed by atoms with Gasteiger partial charge in [0.15, 0.2) is 0 Å². The molecular formula is C20H22N2O5. The lowest BCUT2D eigenvalue weighted by Crippen LogP contribution is -2.57. The molecule has 3 rings (SSSR count). The van der Waals surface area contributed by atoms with Crippen molar-refractivity contribution in [2.45, 2.75) is 18.9 Å². The van der Waals surface area contributed by atoms with Crippen LogP contribution in [0.25, 0.3) is 0 Å². The number of carboxylic acids is 1. The number of ether oxygens (including phenoxy) is 1. The zero-order valence-electron chi connectivity index (χ0n) is 15.0. The molecule has 7 nitrogen and oxygen atoms in total. The minimum atomic E-state index is -1.31. The Morgan fingerprint density at radius 1 is 1.26 bits per heavy atom. The number of hydrogen-bond donors (Lipinski definition) is 2. The van der Waals surface area contributed by atoms with E-state index in [2.05, 4.69) is 4.98 Å². The number of methoxy groups -OCH3 is 1. The summed E-state index contributed by atoms with van der Waals surface area (Å²) < 4.78 is 4.98. The summed E-state index contributed by atoms with van der Waals surface area (Å²) in [5, 5.41) is 20.5. The van der Waals surface area contributed by atoms with Crippen molar-refractivity contribution in [3.8, 4) is 5.88 Å². The van der Waals surface area contributed by atoms with Gasteiger partial charge in [0.05, 0.1) is 18.8 Å². The first-order chi connectivity index (χ1) is 13.0. The van der Waals surface area contributed by atoms with Crippen molar-refractivity contribution in [3.63, 3.8) is 0 Å². The average Bonchev–Trinajstić information content (AvgIpc) is 2.69. The molecule has 0 bridgehead atoms. The van der Waals surface area contributed by atoms with Crippen molar-refractivity contribution in [2.24, 2.45) is 5.41 Å². The minimum absolute atomic E-state index is 0.0377. The maximum absolute atomic E-state index is 12.7. The number of piperidine rings is 1. The van der Waals surface area contributed by atoms with Gasteiger partial charge in [0.2, 0.25) is 5.88 Å². The monoisotopic (exact) mass is 370 g/mol. The fourth-order valence-electron chi connectivity index (χ4n) is 3.46. The largest absolute Gasteiger partial charge is 0.481 e. The van der Waals surface area contributed by atoms with Gasteiger partial charge in [0.25, 0.3) is 5.91 Å². The third-order valence-electron chi connectivity index (χ3n) is 5.13. The molecule has 1 aliphatic rings. The van der Waals surface area contributed by atoms with Crippen LogP contribution in [0.2, 0.25) is 0 Å². The summed E-state index contributed by atoms with van der Waals surface area (Å²) >= 11 is 0. The number of nitrogens with zero attached hydrogens (tertiary/aromatic N) is 2. The molecule has 0 radical (unpaired) electrons. The number of aliphatic hydroxyl groups is 1. The highest BCUT2D eigenvalue weighted by Gasteiger charge is 2.49. The Labute approximate surface area is 157 Å². The summed E-state index contributed by atoms with van der Waals surface area (Å²) in [6.07, 6.45) is 0.639. The zero-order chi connectivity index (χ0) is 19.4. The lowest BCUT2D eigenvalue weighted by Gasteiger charge is -2.42. The van der Waals surface area contributed by atoms with Crippen LogP contribution in [-0.4, -0.2) is 58.3 Å². The number of aliphatic hydroxyl groups excluding tert-OH is 1. The number of likely N-dealkylation sites (tertiary alicyclic amines) is 1. The molecule has 1 saturated heterocycles. The first-order valence-electron chi connectivity index (χ1n) is 8.71. The highest BCUT2D eigenvalue weighted by atomic mass is 16.5. The lowest BCUT2D eigenvalue weighted by molar-refractivity contribution is -0.161. The van der Waals surface area contributed by atoms with Crippen molar-refractivity contribution in [1.29, 1.82) is 0 Å². The van der Waals surface area contributed by atoms with Gasteiger partial charge in [-0.15, -0.1) is 0 Å². The van der Waals surface area contributed by atoms with Crippen molar-refractivity contribution in [3.05, 3.63) is 59.8 Å². The van der Waals surface area contributed by atoms with Crippen molar-refractivity contribution in [2.75, 3.05) is 20.2 Å². The molecule has 1 fully saturated rings. The summed E-state index contributed by atoms with van der Waals surface area (Å²) in [6, 6.07) is 12.4. The Morgan fingerprint density at radius 2 is 2.00 bits per heavy atom. The number of carboxylic acid groups (broad SMARTS) is 1. The van der Waals surface area contributed by atoms with E-state index in [0.717, 1.165) is 5.56 Å². The Bertz CT molecular complexity index is 809. The number of benzene rings is 1. The third kappa shape index (κ3) is 3.78. The standard InChI is InChI=1S/C20H22N2O5/c1-27-17-8-7-15(12-21-17)18(24)22-10-9-20(19(25)26,16(23)13-22)11-14-5-3-2-4-6-14/h2-8,12,16,23H,9-11,13H2,1H3,(H,25,26)/t16-,20-/m1/s1. The summed E-state index contributed by atoms with van der Waals surface area (Å²) in [5.41, 5.74) is -0.0945. The van der Waals surface area contributed by atoms with Crippen LogP contribution in [0.4, 0.5) is 0 Å². The minimum Gasteiger partial charge on any atom is -0.481 e. The topological polar surface area (TPSA) is 100.0 Å². The molecule has 0 saturated carbocycles. The number of hydrogen-bond acceptors (Lipinski definition) is 5.